The Morgan fingerprint density at radius 1 is 1.29 bits per heavy atom. The maximum atomic E-state index is 12.3. The number of carbonyl (C=O) groups is 1. The molecule has 3 nitrogen and oxygen atoms in total. The number of amides is 1. The number of rotatable bonds is 3. The van der Waals surface area contributed by atoms with Gasteiger partial charge < -0.3 is 10.6 Å². The zero-order valence-electron chi connectivity index (χ0n) is 11.1. The molecule has 2 N–H and O–H groups in total. The van der Waals surface area contributed by atoms with E-state index in [0.29, 0.717) is 6.54 Å². The molecule has 1 amide bonds. The van der Waals surface area contributed by atoms with Gasteiger partial charge in [0.1, 0.15) is 0 Å². The van der Waals surface area contributed by atoms with Crippen LogP contribution in [0.3, 0.4) is 0 Å². The SMILES string of the molecule is CCN(C(=O)C(N)C(C)(C)C)c1ccccc1. The maximum Gasteiger partial charge on any atom is 0.244 e. The van der Waals surface area contributed by atoms with Crippen LogP contribution < -0.4 is 10.6 Å². The number of nitrogens with two attached hydrogens (primary N) is 1. The summed E-state index contributed by atoms with van der Waals surface area (Å²) >= 11 is 0. The van der Waals surface area contributed by atoms with Gasteiger partial charge in [0.2, 0.25) is 5.91 Å². The van der Waals surface area contributed by atoms with Crippen molar-refractivity contribution >= 4 is 11.6 Å². The molecule has 0 radical (unpaired) electrons. The van der Waals surface area contributed by atoms with Crippen LogP contribution in [0, 0.1) is 5.41 Å². The van der Waals surface area contributed by atoms with Crippen LogP contribution in [0.1, 0.15) is 27.7 Å². The van der Waals surface area contributed by atoms with Crippen molar-refractivity contribution in [3.05, 3.63) is 30.3 Å². The van der Waals surface area contributed by atoms with Gasteiger partial charge in [0.25, 0.3) is 0 Å². The van der Waals surface area contributed by atoms with Crippen LogP contribution >= 0.6 is 0 Å². The van der Waals surface area contributed by atoms with Crippen LogP contribution in [0.4, 0.5) is 5.69 Å². The van der Waals surface area contributed by atoms with Crippen molar-refractivity contribution in [2.24, 2.45) is 11.1 Å². The summed E-state index contributed by atoms with van der Waals surface area (Å²) < 4.78 is 0. The maximum absolute atomic E-state index is 12.3. The van der Waals surface area contributed by atoms with Crippen molar-refractivity contribution in [3.8, 4) is 0 Å². The molecule has 0 spiro atoms. The Morgan fingerprint density at radius 2 is 1.82 bits per heavy atom. The van der Waals surface area contributed by atoms with Gasteiger partial charge in [-0.1, -0.05) is 39.0 Å². The molecule has 0 aromatic heterocycles. The highest BCUT2D eigenvalue weighted by atomic mass is 16.2. The molecule has 0 heterocycles. The van der Waals surface area contributed by atoms with Crippen LogP contribution in [0.15, 0.2) is 30.3 Å². The average molecular weight is 234 g/mol. The Morgan fingerprint density at radius 3 is 2.24 bits per heavy atom. The molecule has 1 atom stereocenters. The Hall–Kier alpha value is -1.35. The van der Waals surface area contributed by atoms with E-state index in [0.717, 1.165) is 5.69 Å². The smallest absolute Gasteiger partial charge is 0.244 e. The second-order valence-electron chi connectivity index (χ2n) is 5.26. The molecule has 0 aliphatic carbocycles. The fourth-order valence-electron chi connectivity index (χ4n) is 1.61. The van der Waals surface area contributed by atoms with E-state index in [1.807, 2.05) is 58.0 Å². The topological polar surface area (TPSA) is 46.3 Å². The minimum atomic E-state index is -0.484. The first-order chi connectivity index (χ1) is 7.88. The third-order valence-corrected chi connectivity index (χ3v) is 2.85. The molecule has 0 saturated carbocycles. The normalized spacial score (nSPS) is 13.2. The van der Waals surface area contributed by atoms with Crippen molar-refractivity contribution in [2.75, 3.05) is 11.4 Å². The van der Waals surface area contributed by atoms with E-state index in [4.69, 9.17) is 5.73 Å². The van der Waals surface area contributed by atoms with Crippen LogP contribution in [-0.4, -0.2) is 18.5 Å². The molecule has 0 fully saturated rings. The average Bonchev–Trinajstić information content (AvgIpc) is 2.29. The minimum absolute atomic E-state index is 0.0220. The Kier molecular flexibility index (Phi) is 4.29. The lowest BCUT2D eigenvalue weighted by molar-refractivity contribution is -0.121. The summed E-state index contributed by atoms with van der Waals surface area (Å²) in [6, 6.07) is 9.16. The monoisotopic (exact) mass is 234 g/mol. The fraction of sp³-hybridized carbons (Fsp3) is 0.500. The summed E-state index contributed by atoms with van der Waals surface area (Å²) in [5, 5.41) is 0. The van der Waals surface area contributed by atoms with Gasteiger partial charge in [-0.05, 0) is 24.5 Å². The van der Waals surface area contributed by atoms with E-state index in [1.54, 1.807) is 4.90 Å². The van der Waals surface area contributed by atoms with Gasteiger partial charge in [0.15, 0.2) is 0 Å². The molecule has 3 heteroatoms. The summed E-state index contributed by atoms with van der Waals surface area (Å²) in [6.45, 7) is 8.53. The first kappa shape index (κ1) is 13.7. The minimum Gasteiger partial charge on any atom is -0.319 e. The van der Waals surface area contributed by atoms with Gasteiger partial charge in [-0.25, -0.2) is 0 Å². The molecule has 0 bridgehead atoms. The third kappa shape index (κ3) is 3.30. The second-order valence-corrected chi connectivity index (χ2v) is 5.26. The molecular formula is C14H22N2O. The molecule has 94 valence electrons. The van der Waals surface area contributed by atoms with Gasteiger partial charge >= 0.3 is 0 Å². The number of para-hydroxylation sites is 1. The molecule has 1 aromatic rings. The highest BCUT2D eigenvalue weighted by Crippen LogP contribution is 2.22. The van der Waals surface area contributed by atoms with Gasteiger partial charge in [0.05, 0.1) is 6.04 Å². The lowest BCUT2D eigenvalue weighted by atomic mass is 9.86. The van der Waals surface area contributed by atoms with E-state index in [9.17, 15) is 4.79 Å². The Balaban J connectivity index is 2.93. The summed E-state index contributed by atoms with van der Waals surface area (Å²) in [4.78, 5) is 14.1. The van der Waals surface area contributed by atoms with E-state index < -0.39 is 6.04 Å². The quantitative estimate of drug-likeness (QED) is 0.873. The van der Waals surface area contributed by atoms with Crippen LogP contribution in [-0.2, 0) is 4.79 Å². The molecule has 0 aliphatic heterocycles. The predicted octanol–water partition coefficient (Wildman–Crippen LogP) is 2.41. The lowest BCUT2D eigenvalue weighted by Gasteiger charge is -2.31. The molecule has 1 rings (SSSR count). The number of hydrogen-bond donors (Lipinski definition) is 1. The molecule has 1 unspecified atom stereocenters. The number of nitrogens with zero attached hydrogens (tertiary/aromatic N) is 1. The fourth-order valence-corrected chi connectivity index (χ4v) is 1.61. The molecule has 1 aromatic carbocycles. The molecule has 0 saturated heterocycles. The van der Waals surface area contributed by atoms with Gasteiger partial charge in [0, 0.05) is 12.2 Å². The van der Waals surface area contributed by atoms with Gasteiger partial charge in [-0.15, -0.1) is 0 Å². The predicted molar refractivity (Wildman–Crippen MR) is 71.9 cm³/mol. The second kappa shape index (κ2) is 5.32. The van der Waals surface area contributed by atoms with Crippen molar-refractivity contribution in [2.45, 2.75) is 33.7 Å². The highest BCUT2D eigenvalue weighted by molar-refractivity contribution is 5.97. The lowest BCUT2D eigenvalue weighted by Crippen LogP contribution is -2.50. The number of hydrogen-bond acceptors (Lipinski definition) is 2. The van der Waals surface area contributed by atoms with Gasteiger partial charge in [-0.2, -0.15) is 0 Å². The molecule has 17 heavy (non-hydrogen) atoms. The van der Waals surface area contributed by atoms with Crippen molar-refractivity contribution < 1.29 is 4.79 Å². The summed E-state index contributed by atoms with van der Waals surface area (Å²) in [6.07, 6.45) is 0. The van der Waals surface area contributed by atoms with E-state index in [2.05, 4.69) is 0 Å². The number of carbonyl (C=O) groups excluding carboxylic acids is 1. The van der Waals surface area contributed by atoms with Crippen molar-refractivity contribution in [1.29, 1.82) is 0 Å². The summed E-state index contributed by atoms with van der Waals surface area (Å²) in [5.74, 6) is -0.0220. The Labute approximate surface area is 104 Å². The molecular weight excluding hydrogens is 212 g/mol. The zero-order valence-corrected chi connectivity index (χ0v) is 11.1. The number of anilines is 1. The summed E-state index contributed by atoms with van der Waals surface area (Å²) in [5.41, 5.74) is 6.70. The highest BCUT2D eigenvalue weighted by Gasteiger charge is 2.30. The summed E-state index contributed by atoms with van der Waals surface area (Å²) in [7, 11) is 0. The first-order valence-corrected chi connectivity index (χ1v) is 6.00. The van der Waals surface area contributed by atoms with Crippen LogP contribution in [0.2, 0.25) is 0 Å². The Bertz CT molecular complexity index is 368. The van der Waals surface area contributed by atoms with E-state index >= 15 is 0 Å². The number of benzene rings is 1. The van der Waals surface area contributed by atoms with Crippen molar-refractivity contribution in [1.82, 2.24) is 0 Å². The van der Waals surface area contributed by atoms with Gasteiger partial charge in [-0.3, -0.25) is 4.79 Å². The van der Waals surface area contributed by atoms with Crippen LogP contribution in [0.25, 0.3) is 0 Å². The first-order valence-electron chi connectivity index (χ1n) is 6.00. The van der Waals surface area contributed by atoms with E-state index in [-0.39, 0.29) is 11.3 Å². The zero-order chi connectivity index (χ0) is 13.1. The standard InChI is InChI=1S/C14H22N2O/c1-5-16(11-9-7-6-8-10-11)13(17)12(15)14(2,3)4/h6-10,12H,5,15H2,1-4H3. The molecule has 0 aliphatic rings. The van der Waals surface area contributed by atoms with Crippen molar-refractivity contribution in [3.63, 3.8) is 0 Å². The number of likely N-dealkylation sites (N-methyl/N-ethyl adjacent to an activating group) is 1. The third-order valence-electron chi connectivity index (χ3n) is 2.85. The largest absolute Gasteiger partial charge is 0.319 e. The van der Waals surface area contributed by atoms with Crippen LogP contribution in [0.5, 0.6) is 0 Å². The van der Waals surface area contributed by atoms with E-state index in [1.165, 1.54) is 0 Å².